The van der Waals surface area contributed by atoms with Crippen LogP contribution in [0.3, 0.4) is 0 Å². The molecule has 0 aromatic carbocycles. The van der Waals surface area contributed by atoms with Crippen LogP contribution in [0.25, 0.3) is 0 Å². The van der Waals surface area contributed by atoms with E-state index < -0.39 is 0 Å². The molecule has 0 aliphatic carbocycles. The van der Waals surface area contributed by atoms with Gasteiger partial charge in [-0.1, -0.05) is 16.5 Å². The van der Waals surface area contributed by atoms with Crippen molar-refractivity contribution < 1.29 is 0 Å². The van der Waals surface area contributed by atoms with Gasteiger partial charge in [-0.15, -0.1) is 0 Å². The monoisotopic (exact) mass is 199 g/mol. The highest BCUT2D eigenvalue weighted by Crippen LogP contribution is 2.07. The summed E-state index contributed by atoms with van der Waals surface area (Å²) in [4.78, 5) is 4.03. The molecule has 0 aliphatic rings. The van der Waals surface area contributed by atoms with Gasteiger partial charge in [-0.25, -0.2) is 28.4 Å². The third kappa shape index (κ3) is 3.49. The van der Waals surface area contributed by atoms with Gasteiger partial charge in [0, 0.05) is 0 Å². The highest BCUT2D eigenvalue weighted by molar-refractivity contribution is 5.43. The van der Waals surface area contributed by atoms with E-state index in [1.165, 1.54) is 0 Å². The van der Waals surface area contributed by atoms with Crippen molar-refractivity contribution in [1.82, 2.24) is 15.4 Å². The fourth-order valence-electron chi connectivity index (χ4n) is 0.824. The highest BCUT2D eigenvalue weighted by Gasteiger charge is 1.98. The Balaban J connectivity index is 2.68. The molecule has 1 rings (SSSR count). The molecule has 0 amide bonds. The van der Waals surface area contributed by atoms with E-state index >= 15 is 0 Å². The standard InChI is InChI=1S/C5H13N9/c6-13(7)11-4-2-1-3-5(10-4)12-14(8)9/h1-3H,6-9H2,(H2,10,11,12). The minimum Gasteiger partial charge on any atom is -0.276 e. The summed E-state index contributed by atoms with van der Waals surface area (Å²) in [6, 6.07) is 5.08. The van der Waals surface area contributed by atoms with Gasteiger partial charge in [0.15, 0.2) is 0 Å². The highest BCUT2D eigenvalue weighted by atomic mass is 15.8. The molecule has 0 aliphatic heterocycles. The Morgan fingerprint density at radius 2 is 1.36 bits per heavy atom. The number of hydrogen-bond acceptors (Lipinski definition) is 9. The van der Waals surface area contributed by atoms with Crippen molar-refractivity contribution in [3.8, 4) is 0 Å². The SMILES string of the molecule is NN(N)Nc1cccc(NN(N)N)n1. The number of aromatic nitrogens is 1. The summed E-state index contributed by atoms with van der Waals surface area (Å²) in [5.74, 6) is 21.5. The first-order valence-electron chi connectivity index (χ1n) is 3.67. The summed E-state index contributed by atoms with van der Waals surface area (Å²) in [5, 5.41) is 1.57. The van der Waals surface area contributed by atoms with Gasteiger partial charge >= 0.3 is 0 Å². The number of pyridine rings is 1. The number of nitrogens with two attached hydrogens (primary N) is 4. The third-order valence-electron chi connectivity index (χ3n) is 1.24. The second-order valence-corrected chi connectivity index (χ2v) is 2.45. The quantitative estimate of drug-likeness (QED) is 0.235. The van der Waals surface area contributed by atoms with Crippen molar-refractivity contribution >= 4 is 11.6 Å². The van der Waals surface area contributed by atoms with E-state index in [4.69, 9.17) is 23.4 Å². The predicted molar refractivity (Wildman–Crippen MR) is 51.9 cm³/mol. The molecule has 0 saturated carbocycles. The Kier molecular flexibility index (Phi) is 3.53. The predicted octanol–water partition coefficient (Wildman–Crippen LogP) is -2.17. The fraction of sp³-hybridized carbons (Fsp3) is 0. The number of nitrogens with zero attached hydrogens (tertiary/aromatic N) is 3. The molecule has 0 unspecified atom stereocenters. The van der Waals surface area contributed by atoms with Crippen LogP contribution in [0.15, 0.2) is 18.2 Å². The van der Waals surface area contributed by atoms with Crippen LogP contribution in [-0.4, -0.2) is 15.4 Å². The minimum absolute atomic E-state index is 0.460. The zero-order valence-corrected chi connectivity index (χ0v) is 7.38. The summed E-state index contributed by atoms with van der Waals surface area (Å²) in [7, 11) is 0. The molecule has 0 radical (unpaired) electrons. The van der Waals surface area contributed by atoms with Crippen molar-refractivity contribution in [2.24, 2.45) is 23.4 Å². The number of hydrazine groups is 6. The van der Waals surface area contributed by atoms with Crippen LogP contribution in [0, 0.1) is 0 Å². The van der Waals surface area contributed by atoms with Crippen LogP contribution in [0.5, 0.6) is 0 Å². The molecule has 0 bridgehead atoms. The normalized spacial score (nSPS) is 10.7. The lowest BCUT2D eigenvalue weighted by atomic mass is 10.4. The largest absolute Gasteiger partial charge is 0.276 e. The first-order valence-corrected chi connectivity index (χ1v) is 3.67. The van der Waals surface area contributed by atoms with E-state index in [1.807, 2.05) is 0 Å². The van der Waals surface area contributed by atoms with E-state index in [1.54, 1.807) is 18.2 Å². The van der Waals surface area contributed by atoms with E-state index in [0.717, 1.165) is 10.5 Å². The van der Waals surface area contributed by atoms with Crippen LogP contribution >= 0.6 is 0 Å². The zero-order chi connectivity index (χ0) is 10.6. The molecule has 0 saturated heterocycles. The number of rotatable bonds is 4. The second-order valence-electron chi connectivity index (χ2n) is 2.45. The van der Waals surface area contributed by atoms with Crippen molar-refractivity contribution in [2.75, 3.05) is 10.9 Å². The van der Waals surface area contributed by atoms with Gasteiger partial charge < -0.3 is 0 Å². The Hall–Kier alpha value is -1.49. The van der Waals surface area contributed by atoms with Crippen molar-refractivity contribution in [1.29, 1.82) is 0 Å². The Bertz CT molecular complexity index is 259. The number of nitrogens with one attached hydrogen (secondary N) is 2. The van der Waals surface area contributed by atoms with Crippen molar-refractivity contribution in [3.63, 3.8) is 0 Å². The lowest BCUT2D eigenvalue weighted by Crippen LogP contribution is -2.44. The van der Waals surface area contributed by atoms with Gasteiger partial charge in [-0.05, 0) is 12.1 Å². The maximum absolute atomic E-state index is 5.16. The lowest BCUT2D eigenvalue weighted by Gasteiger charge is -2.14. The summed E-state index contributed by atoms with van der Waals surface area (Å²) in [6.07, 6.45) is 0. The average molecular weight is 199 g/mol. The molecular formula is C5H13N9. The molecule has 0 spiro atoms. The van der Waals surface area contributed by atoms with Gasteiger partial charge in [0.05, 0.1) is 0 Å². The summed E-state index contributed by atoms with van der Waals surface area (Å²) < 4.78 is 0. The van der Waals surface area contributed by atoms with Crippen molar-refractivity contribution in [3.05, 3.63) is 18.2 Å². The van der Waals surface area contributed by atoms with Gasteiger partial charge in [-0.2, -0.15) is 0 Å². The van der Waals surface area contributed by atoms with Gasteiger partial charge in [0.2, 0.25) is 0 Å². The minimum atomic E-state index is 0.460. The second kappa shape index (κ2) is 4.66. The molecular weight excluding hydrogens is 186 g/mol. The first kappa shape index (κ1) is 10.6. The third-order valence-corrected chi connectivity index (χ3v) is 1.24. The van der Waals surface area contributed by atoms with Crippen molar-refractivity contribution in [2.45, 2.75) is 0 Å². The van der Waals surface area contributed by atoms with E-state index in [-0.39, 0.29) is 0 Å². The van der Waals surface area contributed by atoms with Crippen LogP contribution in [0.4, 0.5) is 11.6 Å². The Labute approximate surface area is 80.5 Å². The summed E-state index contributed by atoms with van der Waals surface area (Å²) in [5.41, 5.74) is 5.11. The summed E-state index contributed by atoms with van der Waals surface area (Å²) >= 11 is 0. The fourth-order valence-corrected chi connectivity index (χ4v) is 0.824. The maximum atomic E-state index is 5.16. The van der Waals surface area contributed by atoms with Crippen LogP contribution in [0.1, 0.15) is 0 Å². The van der Waals surface area contributed by atoms with Crippen LogP contribution in [0.2, 0.25) is 0 Å². The number of hydrogen-bond donors (Lipinski definition) is 6. The van der Waals surface area contributed by atoms with E-state index in [9.17, 15) is 0 Å². The van der Waals surface area contributed by atoms with E-state index in [2.05, 4.69) is 15.8 Å². The molecule has 0 atom stereocenters. The molecule has 78 valence electrons. The van der Waals surface area contributed by atoms with Crippen LogP contribution in [-0.2, 0) is 0 Å². The molecule has 9 heteroatoms. The molecule has 14 heavy (non-hydrogen) atoms. The molecule has 10 N–H and O–H groups in total. The van der Waals surface area contributed by atoms with Gasteiger partial charge in [0.1, 0.15) is 11.6 Å². The smallest absolute Gasteiger partial charge is 0.144 e. The Morgan fingerprint density at radius 1 is 0.929 bits per heavy atom. The number of anilines is 2. The zero-order valence-electron chi connectivity index (χ0n) is 7.38. The average Bonchev–Trinajstić information content (AvgIpc) is 2.01. The topological polar surface area (TPSA) is 148 Å². The molecule has 1 heterocycles. The summed E-state index contributed by atoms with van der Waals surface area (Å²) in [6.45, 7) is 0. The van der Waals surface area contributed by atoms with Gasteiger partial charge in [-0.3, -0.25) is 10.9 Å². The Morgan fingerprint density at radius 3 is 1.71 bits per heavy atom. The first-order chi connectivity index (χ1) is 6.58. The van der Waals surface area contributed by atoms with E-state index in [0.29, 0.717) is 11.6 Å². The molecule has 1 aromatic heterocycles. The van der Waals surface area contributed by atoms with Gasteiger partial charge in [0.25, 0.3) is 0 Å². The molecule has 0 fully saturated rings. The molecule has 1 aromatic rings. The maximum Gasteiger partial charge on any atom is 0.144 e. The molecule has 9 nitrogen and oxygen atoms in total. The van der Waals surface area contributed by atoms with Crippen LogP contribution < -0.4 is 34.2 Å². The lowest BCUT2D eigenvalue weighted by molar-refractivity contribution is 0.354.